The number of nitrogens with one attached hydrogen (secondary N) is 1. The maximum Gasteiger partial charge on any atom is 0.0468 e. The van der Waals surface area contributed by atoms with E-state index in [1.807, 2.05) is 0 Å². The Morgan fingerprint density at radius 3 is 2.42 bits per heavy atom. The molecule has 0 radical (unpaired) electrons. The molecule has 19 heavy (non-hydrogen) atoms. The molecule has 0 saturated carbocycles. The van der Waals surface area contributed by atoms with E-state index in [-0.39, 0.29) is 0 Å². The number of hydrogen-bond donors (Lipinski definition) is 1. The Balaban J connectivity index is 2.00. The van der Waals surface area contributed by atoms with Gasteiger partial charge in [-0.05, 0) is 49.3 Å². The minimum atomic E-state index is 0.499. The largest absolute Gasteiger partial charge is 0.381 e. The minimum Gasteiger partial charge on any atom is -0.381 e. The molecule has 1 N–H and O–H groups in total. The quantitative estimate of drug-likeness (QED) is 0.842. The first-order valence-corrected chi connectivity index (χ1v) is 7.73. The number of hydrogen-bond acceptors (Lipinski definition) is 2. The van der Waals surface area contributed by atoms with Gasteiger partial charge in [-0.15, -0.1) is 0 Å². The summed E-state index contributed by atoms with van der Waals surface area (Å²) in [5, 5.41) is 3.64. The number of ether oxygens (including phenoxy) is 1. The molecule has 1 unspecified atom stereocenters. The molecule has 1 fully saturated rings. The molecule has 0 aliphatic carbocycles. The molecule has 1 aromatic carbocycles. The van der Waals surface area contributed by atoms with E-state index in [0.717, 1.165) is 32.1 Å². The fraction of sp³-hybridized carbons (Fsp3) is 0.647. The maximum atomic E-state index is 5.46. The van der Waals surface area contributed by atoms with Crippen LogP contribution in [0.5, 0.6) is 0 Å². The number of rotatable bonds is 6. The molecule has 2 rings (SSSR count). The average molecular weight is 261 g/mol. The van der Waals surface area contributed by atoms with Crippen molar-refractivity contribution < 1.29 is 4.74 Å². The van der Waals surface area contributed by atoms with Gasteiger partial charge in [0.25, 0.3) is 0 Å². The summed E-state index contributed by atoms with van der Waals surface area (Å²) < 4.78 is 5.46. The van der Waals surface area contributed by atoms with Crippen LogP contribution in [0.3, 0.4) is 0 Å². The van der Waals surface area contributed by atoms with Crippen molar-refractivity contribution in [2.45, 2.75) is 45.6 Å². The Bertz CT molecular complexity index is 354. The molecule has 1 aromatic rings. The molecule has 0 bridgehead atoms. The summed E-state index contributed by atoms with van der Waals surface area (Å²) in [6, 6.07) is 9.63. The lowest BCUT2D eigenvalue weighted by Gasteiger charge is -2.27. The van der Waals surface area contributed by atoms with Gasteiger partial charge in [0.05, 0.1) is 0 Å². The van der Waals surface area contributed by atoms with Crippen LogP contribution in [-0.2, 0) is 11.2 Å². The van der Waals surface area contributed by atoms with Crippen LogP contribution in [0.15, 0.2) is 24.3 Å². The zero-order chi connectivity index (χ0) is 13.5. The second-order valence-corrected chi connectivity index (χ2v) is 5.50. The molecule has 2 nitrogen and oxygen atoms in total. The summed E-state index contributed by atoms with van der Waals surface area (Å²) in [5.74, 6) is 0.809. The van der Waals surface area contributed by atoms with Crippen molar-refractivity contribution in [1.29, 1.82) is 0 Å². The lowest BCUT2D eigenvalue weighted by atomic mass is 9.89. The highest BCUT2D eigenvalue weighted by atomic mass is 16.5. The van der Waals surface area contributed by atoms with E-state index in [9.17, 15) is 0 Å². The Labute approximate surface area is 117 Å². The summed E-state index contributed by atoms with van der Waals surface area (Å²) in [6.07, 6.45) is 4.79. The van der Waals surface area contributed by atoms with Gasteiger partial charge in [0.15, 0.2) is 0 Å². The van der Waals surface area contributed by atoms with Crippen LogP contribution in [-0.4, -0.2) is 19.8 Å². The molecule has 1 atom stereocenters. The maximum absolute atomic E-state index is 5.46. The zero-order valence-electron chi connectivity index (χ0n) is 12.3. The highest BCUT2D eigenvalue weighted by Gasteiger charge is 2.19. The molecule has 106 valence electrons. The Morgan fingerprint density at radius 1 is 1.16 bits per heavy atom. The van der Waals surface area contributed by atoms with Crippen LogP contribution in [0.2, 0.25) is 0 Å². The van der Waals surface area contributed by atoms with Crippen LogP contribution in [0.25, 0.3) is 0 Å². The average Bonchev–Trinajstić information content (AvgIpc) is 2.48. The Kier molecular flexibility index (Phi) is 5.87. The SMILES string of the molecule is CCNC(CC1CCOCC1)c1ccc(CC)cc1. The summed E-state index contributed by atoms with van der Waals surface area (Å²) in [5.41, 5.74) is 2.86. The second-order valence-electron chi connectivity index (χ2n) is 5.50. The van der Waals surface area contributed by atoms with Gasteiger partial charge in [-0.2, -0.15) is 0 Å². The van der Waals surface area contributed by atoms with Crippen LogP contribution in [0, 0.1) is 5.92 Å². The zero-order valence-corrected chi connectivity index (χ0v) is 12.3. The predicted molar refractivity (Wildman–Crippen MR) is 80.4 cm³/mol. The Hall–Kier alpha value is -0.860. The Morgan fingerprint density at radius 2 is 1.84 bits per heavy atom. The first kappa shape index (κ1) is 14.5. The number of aryl methyl sites for hydroxylation is 1. The normalized spacial score (nSPS) is 18.4. The van der Waals surface area contributed by atoms with Gasteiger partial charge in [-0.25, -0.2) is 0 Å². The molecule has 0 aromatic heterocycles. The van der Waals surface area contributed by atoms with Crippen molar-refractivity contribution in [1.82, 2.24) is 5.32 Å². The van der Waals surface area contributed by atoms with Gasteiger partial charge >= 0.3 is 0 Å². The molecule has 1 aliphatic heterocycles. The van der Waals surface area contributed by atoms with Crippen LogP contribution in [0.4, 0.5) is 0 Å². The second kappa shape index (κ2) is 7.66. The fourth-order valence-corrected chi connectivity index (χ4v) is 2.88. The van der Waals surface area contributed by atoms with Crippen molar-refractivity contribution in [3.63, 3.8) is 0 Å². The topological polar surface area (TPSA) is 21.3 Å². The molecule has 1 aliphatic rings. The van der Waals surface area contributed by atoms with Crippen LogP contribution in [0.1, 0.15) is 50.3 Å². The molecular formula is C17H27NO. The van der Waals surface area contributed by atoms with Crippen molar-refractivity contribution in [2.24, 2.45) is 5.92 Å². The standard InChI is InChI=1S/C17H27NO/c1-3-14-5-7-16(8-6-14)17(18-4-2)13-15-9-11-19-12-10-15/h5-8,15,17-18H,3-4,9-13H2,1-2H3. The van der Waals surface area contributed by atoms with Crippen LogP contribution < -0.4 is 5.32 Å². The number of benzene rings is 1. The van der Waals surface area contributed by atoms with Gasteiger partial charge < -0.3 is 10.1 Å². The highest BCUT2D eigenvalue weighted by molar-refractivity contribution is 5.25. The van der Waals surface area contributed by atoms with E-state index >= 15 is 0 Å². The molecular weight excluding hydrogens is 234 g/mol. The molecule has 0 spiro atoms. The van der Waals surface area contributed by atoms with Gasteiger partial charge in [0.1, 0.15) is 0 Å². The fourth-order valence-electron chi connectivity index (χ4n) is 2.88. The lowest BCUT2D eigenvalue weighted by Crippen LogP contribution is -2.26. The monoisotopic (exact) mass is 261 g/mol. The summed E-state index contributed by atoms with van der Waals surface area (Å²) in [6.45, 7) is 7.32. The first-order valence-electron chi connectivity index (χ1n) is 7.73. The van der Waals surface area contributed by atoms with E-state index < -0.39 is 0 Å². The third-order valence-electron chi connectivity index (χ3n) is 4.15. The first-order chi connectivity index (χ1) is 9.33. The summed E-state index contributed by atoms with van der Waals surface area (Å²) >= 11 is 0. The van der Waals surface area contributed by atoms with Crippen molar-refractivity contribution >= 4 is 0 Å². The van der Waals surface area contributed by atoms with E-state index in [4.69, 9.17) is 4.74 Å². The molecule has 2 heteroatoms. The van der Waals surface area contributed by atoms with E-state index in [1.165, 1.54) is 30.4 Å². The minimum absolute atomic E-state index is 0.499. The van der Waals surface area contributed by atoms with Gasteiger partial charge in [-0.1, -0.05) is 38.1 Å². The van der Waals surface area contributed by atoms with E-state index in [2.05, 4.69) is 43.4 Å². The third-order valence-corrected chi connectivity index (χ3v) is 4.15. The van der Waals surface area contributed by atoms with Crippen molar-refractivity contribution in [2.75, 3.05) is 19.8 Å². The molecule has 1 saturated heterocycles. The van der Waals surface area contributed by atoms with Gasteiger partial charge in [0, 0.05) is 19.3 Å². The van der Waals surface area contributed by atoms with Crippen LogP contribution >= 0.6 is 0 Å². The van der Waals surface area contributed by atoms with E-state index in [1.54, 1.807) is 0 Å². The van der Waals surface area contributed by atoms with E-state index in [0.29, 0.717) is 6.04 Å². The molecule has 1 heterocycles. The lowest BCUT2D eigenvalue weighted by molar-refractivity contribution is 0.0606. The molecule has 0 amide bonds. The van der Waals surface area contributed by atoms with Gasteiger partial charge in [-0.3, -0.25) is 0 Å². The smallest absolute Gasteiger partial charge is 0.0468 e. The third kappa shape index (κ3) is 4.32. The van der Waals surface area contributed by atoms with Gasteiger partial charge in [0.2, 0.25) is 0 Å². The highest BCUT2D eigenvalue weighted by Crippen LogP contribution is 2.27. The van der Waals surface area contributed by atoms with Crippen molar-refractivity contribution in [3.05, 3.63) is 35.4 Å². The summed E-state index contributed by atoms with van der Waals surface area (Å²) in [4.78, 5) is 0. The predicted octanol–water partition coefficient (Wildman–Crippen LogP) is 3.72. The van der Waals surface area contributed by atoms with Crippen molar-refractivity contribution in [3.8, 4) is 0 Å². The summed E-state index contributed by atoms with van der Waals surface area (Å²) in [7, 11) is 0.